The summed E-state index contributed by atoms with van der Waals surface area (Å²) in [5.74, 6) is -3.90. The Labute approximate surface area is 114 Å². The van der Waals surface area contributed by atoms with Crippen molar-refractivity contribution < 1.29 is 39.5 Å². The molecule has 0 radical (unpaired) electrons. The van der Waals surface area contributed by atoms with Crippen LogP contribution in [0.4, 0.5) is 0 Å². The van der Waals surface area contributed by atoms with Crippen molar-refractivity contribution in [2.75, 3.05) is 0 Å². The monoisotopic (exact) mass is 288 g/mol. The number of carboxylic acids is 2. The predicted octanol–water partition coefficient (Wildman–Crippen LogP) is -0.710. The van der Waals surface area contributed by atoms with Crippen LogP contribution in [0.25, 0.3) is 0 Å². The molecule has 8 heteroatoms. The molecule has 0 aromatic heterocycles. The van der Waals surface area contributed by atoms with Crippen LogP contribution in [0, 0.1) is 0 Å². The summed E-state index contributed by atoms with van der Waals surface area (Å²) in [4.78, 5) is 32.7. The molecule has 4 N–H and O–H groups in total. The van der Waals surface area contributed by atoms with Gasteiger partial charge in [0.15, 0.2) is 0 Å². The second kappa shape index (κ2) is 7.01. The van der Waals surface area contributed by atoms with Crippen molar-refractivity contribution >= 4 is 17.9 Å². The molecule has 0 aromatic carbocycles. The molecule has 0 spiro atoms. The zero-order valence-corrected chi connectivity index (χ0v) is 10.6. The average Bonchev–Trinajstić information content (AvgIpc) is 2.25. The molecule has 2 atom stereocenters. The third kappa shape index (κ3) is 5.37. The highest BCUT2D eigenvalue weighted by molar-refractivity contribution is 5.98. The van der Waals surface area contributed by atoms with E-state index < -0.39 is 48.2 Å². The number of aliphatic carboxylic acids is 2. The summed E-state index contributed by atoms with van der Waals surface area (Å²) in [7, 11) is 0. The van der Waals surface area contributed by atoms with Gasteiger partial charge in [-0.2, -0.15) is 0 Å². The van der Waals surface area contributed by atoms with Crippen molar-refractivity contribution in [1.29, 1.82) is 0 Å². The summed E-state index contributed by atoms with van der Waals surface area (Å²) in [5.41, 5.74) is -0.598. The molecule has 0 heterocycles. The lowest BCUT2D eigenvalue weighted by Gasteiger charge is -2.28. The Morgan fingerprint density at radius 3 is 2.05 bits per heavy atom. The standard InChI is InChI=1S/C12H16O8/c13-7-3-8(14)5-9(4-7)20-11(17)2-6(12(18)19)1-10(15)16/h2,7-9,13-14H,1,3-5H2,(H,15,16)(H,18,19). The lowest BCUT2D eigenvalue weighted by atomic mass is 9.92. The molecule has 20 heavy (non-hydrogen) atoms. The van der Waals surface area contributed by atoms with Gasteiger partial charge < -0.3 is 25.2 Å². The number of carboxylic acid groups (broad SMARTS) is 2. The van der Waals surface area contributed by atoms with Gasteiger partial charge in [0.25, 0.3) is 0 Å². The minimum atomic E-state index is -1.52. The SMILES string of the molecule is O=C(O)CC(=CC(=O)OC1CC(O)CC(O)C1)C(=O)O. The van der Waals surface area contributed by atoms with Crippen molar-refractivity contribution in [3.05, 3.63) is 11.6 Å². The van der Waals surface area contributed by atoms with Gasteiger partial charge in [0.05, 0.1) is 24.2 Å². The summed E-state index contributed by atoms with van der Waals surface area (Å²) in [6.45, 7) is 0. The van der Waals surface area contributed by atoms with E-state index in [4.69, 9.17) is 14.9 Å². The van der Waals surface area contributed by atoms with E-state index in [0.29, 0.717) is 6.08 Å². The van der Waals surface area contributed by atoms with Gasteiger partial charge in [0.2, 0.25) is 0 Å². The van der Waals surface area contributed by atoms with Gasteiger partial charge in [0, 0.05) is 18.9 Å². The smallest absolute Gasteiger partial charge is 0.332 e. The number of hydrogen-bond acceptors (Lipinski definition) is 6. The number of aliphatic hydroxyl groups is 2. The quantitative estimate of drug-likeness (QED) is 0.384. The van der Waals surface area contributed by atoms with E-state index in [9.17, 15) is 24.6 Å². The lowest BCUT2D eigenvalue weighted by molar-refractivity contribution is -0.149. The molecule has 1 aliphatic carbocycles. The van der Waals surface area contributed by atoms with Crippen molar-refractivity contribution in [2.24, 2.45) is 0 Å². The summed E-state index contributed by atoms with van der Waals surface area (Å²) in [6, 6.07) is 0. The van der Waals surface area contributed by atoms with Crippen LogP contribution in [0.1, 0.15) is 25.7 Å². The average molecular weight is 288 g/mol. The zero-order chi connectivity index (χ0) is 15.3. The van der Waals surface area contributed by atoms with E-state index in [1.54, 1.807) is 0 Å². The van der Waals surface area contributed by atoms with E-state index in [1.165, 1.54) is 0 Å². The van der Waals surface area contributed by atoms with Gasteiger partial charge in [-0.3, -0.25) is 4.79 Å². The molecule has 2 unspecified atom stereocenters. The first kappa shape index (κ1) is 16.1. The first-order chi connectivity index (χ1) is 9.27. The van der Waals surface area contributed by atoms with E-state index in [0.717, 1.165) is 0 Å². The fraction of sp³-hybridized carbons (Fsp3) is 0.583. The Morgan fingerprint density at radius 2 is 1.60 bits per heavy atom. The van der Waals surface area contributed by atoms with Gasteiger partial charge in [-0.15, -0.1) is 0 Å². The van der Waals surface area contributed by atoms with E-state index >= 15 is 0 Å². The number of ether oxygens (including phenoxy) is 1. The van der Waals surface area contributed by atoms with E-state index in [-0.39, 0.29) is 19.3 Å². The molecule has 0 bridgehead atoms. The molecule has 1 aliphatic rings. The molecule has 0 saturated heterocycles. The molecule has 1 rings (SSSR count). The number of esters is 1. The third-order valence-corrected chi connectivity index (χ3v) is 2.81. The normalized spacial score (nSPS) is 26.9. The molecule has 8 nitrogen and oxygen atoms in total. The minimum absolute atomic E-state index is 0.151. The van der Waals surface area contributed by atoms with Crippen molar-refractivity contribution in [3.63, 3.8) is 0 Å². The molecular formula is C12H16O8. The Morgan fingerprint density at radius 1 is 1.05 bits per heavy atom. The zero-order valence-electron chi connectivity index (χ0n) is 10.6. The number of aliphatic hydroxyl groups excluding tert-OH is 2. The maximum Gasteiger partial charge on any atom is 0.332 e. The molecule has 1 fully saturated rings. The second-order valence-electron chi connectivity index (χ2n) is 4.62. The number of rotatable bonds is 5. The Bertz CT molecular complexity index is 417. The van der Waals surface area contributed by atoms with Crippen molar-refractivity contribution in [2.45, 2.75) is 44.0 Å². The number of carbonyl (C=O) groups excluding carboxylic acids is 1. The summed E-state index contributed by atoms with van der Waals surface area (Å²) in [5, 5.41) is 36.1. The van der Waals surface area contributed by atoms with E-state index in [1.807, 2.05) is 0 Å². The summed E-state index contributed by atoms with van der Waals surface area (Å²) >= 11 is 0. The van der Waals surface area contributed by atoms with Gasteiger partial charge in [0.1, 0.15) is 6.10 Å². The Kier molecular flexibility index (Phi) is 5.66. The predicted molar refractivity (Wildman–Crippen MR) is 63.7 cm³/mol. The molecule has 0 amide bonds. The fourth-order valence-corrected chi connectivity index (χ4v) is 2.00. The summed E-state index contributed by atoms with van der Waals surface area (Å²) < 4.78 is 4.90. The highest BCUT2D eigenvalue weighted by atomic mass is 16.5. The molecule has 0 aliphatic heterocycles. The largest absolute Gasteiger partial charge is 0.481 e. The van der Waals surface area contributed by atoms with Gasteiger partial charge in [-0.05, 0) is 6.42 Å². The first-order valence-corrected chi connectivity index (χ1v) is 6.00. The second-order valence-corrected chi connectivity index (χ2v) is 4.62. The van der Waals surface area contributed by atoms with E-state index in [2.05, 4.69) is 0 Å². The van der Waals surface area contributed by atoms with Crippen LogP contribution in [0.15, 0.2) is 11.6 Å². The Balaban J connectivity index is 2.64. The highest BCUT2D eigenvalue weighted by Gasteiger charge is 2.29. The molecule has 112 valence electrons. The lowest BCUT2D eigenvalue weighted by Crippen LogP contribution is -2.35. The number of carbonyl (C=O) groups is 3. The van der Waals surface area contributed by atoms with Crippen LogP contribution < -0.4 is 0 Å². The maximum atomic E-state index is 11.5. The first-order valence-electron chi connectivity index (χ1n) is 6.00. The van der Waals surface area contributed by atoms with Crippen LogP contribution >= 0.6 is 0 Å². The minimum Gasteiger partial charge on any atom is -0.481 e. The van der Waals surface area contributed by atoms with Crippen molar-refractivity contribution in [1.82, 2.24) is 0 Å². The molecule has 0 aromatic rings. The van der Waals surface area contributed by atoms with Crippen LogP contribution in [0.5, 0.6) is 0 Å². The third-order valence-electron chi connectivity index (χ3n) is 2.81. The summed E-state index contributed by atoms with van der Waals surface area (Å²) in [6.07, 6.45) is -2.02. The van der Waals surface area contributed by atoms with Crippen LogP contribution in [-0.2, 0) is 19.1 Å². The van der Waals surface area contributed by atoms with Crippen LogP contribution in [0.2, 0.25) is 0 Å². The molecule has 1 saturated carbocycles. The Hall–Kier alpha value is -1.93. The van der Waals surface area contributed by atoms with Crippen LogP contribution in [-0.4, -0.2) is 56.6 Å². The topological polar surface area (TPSA) is 141 Å². The van der Waals surface area contributed by atoms with Gasteiger partial charge >= 0.3 is 17.9 Å². The molecular weight excluding hydrogens is 272 g/mol. The van der Waals surface area contributed by atoms with Gasteiger partial charge in [-0.1, -0.05) is 0 Å². The van der Waals surface area contributed by atoms with Gasteiger partial charge in [-0.25, -0.2) is 9.59 Å². The highest BCUT2D eigenvalue weighted by Crippen LogP contribution is 2.22. The van der Waals surface area contributed by atoms with Crippen molar-refractivity contribution in [3.8, 4) is 0 Å². The fourth-order valence-electron chi connectivity index (χ4n) is 2.00. The maximum absolute atomic E-state index is 11.5. The number of hydrogen-bond donors (Lipinski definition) is 4. The van der Waals surface area contributed by atoms with Crippen LogP contribution in [0.3, 0.4) is 0 Å².